The van der Waals surface area contributed by atoms with Gasteiger partial charge in [-0.25, -0.2) is 13.4 Å². The fraction of sp³-hybridized carbons (Fsp3) is 0.176. The van der Waals surface area contributed by atoms with Gasteiger partial charge in [0.25, 0.3) is 5.91 Å². The second-order valence-electron chi connectivity index (χ2n) is 5.72. The van der Waals surface area contributed by atoms with Gasteiger partial charge in [-0.15, -0.1) is 22.7 Å². The number of hydrogen-bond donors (Lipinski definition) is 1. The van der Waals surface area contributed by atoms with Gasteiger partial charge in [0.1, 0.15) is 0 Å². The quantitative estimate of drug-likeness (QED) is 0.564. The highest BCUT2D eigenvalue weighted by atomic mass is 79.9. The van der Waals surface area contributed by atoms with Crippen LogP contribution < -0.4 is 5.32 Å². The molecule has 0 atom stereocenters. The molecular weight excluding hydrogens is 456 g/mol. The fourth-order valence-corrected chi connectivity index (χ4v) is 5.38. The van der Waals surface area contributed by atoms with E-state index in [2.05, 4.69) is 26.2 Å². The summed E-state index contributed by atoms with van der Waals surface area (Å²) in [5, 5.41) is 4.51. The summed E-state index contributed by atoms with van der Waals surface area (Å²) in [5.41, 5.74) is 1.07. The summed E-state index contributed by atoms with van der Waals surface area (Å²) < 4.78 is 25.6. The normalized spacial score (nSPS) is 11.7. The molecule has 1 amide bonds. The van der Waals surface area contributed by atoms with Crippen LogP contribution in [0.25, 0.3) is 10.6 Å². The summed E-state index contributed by atoms with van der Waals surface area (Å²) in [5.74, 6) is -0.390. The van der Waals surface area contributed by atoms with Gasteiger partial charge in [-0.3, -0.25) is 10.1 Å². The Hall–Kier alpha value is -1.55. The van der Waals surface area contributed by atoms with Crippen LogP contribution in [0.4, 0.5) is 5.13 Å². The maximum Gasteiger partial charge on any atom is 0.257 e. The van der Waals surface area contributed by atoms with E-state index in [-0.39, 0.29) is 16.4 Å². The number of rotatable bonds is 5. The van der Waals surface area contributed by atoms with Gasteiger partial charge in [0, 0.05) is 10.9 Å². The van der Waals surface area contributed by atoms with Crippen LogP contribution in [-0.2, 0) is 9.84 Å². The van der Waals surface area contributed by atoms with Crippen molar-refractivity contribution in [3.05, 3.63) is 51.1 Å². The summed E-state index contributed by atoms with van der Waals surface area (Å²) in [6, 6.07) is 9.95. The first kappa shape index (κ1) is 19.2. The molecule has 0 saturated heterocycles. The second kappa shape index (κ2) is 7.59. The molecule has 0 saturated carbocycles. The topological polar surface area (TPSA) is 76.1 Å². The second-order valence-corrected chi connectivity index (χ2v) is 11.5. The van der Waals surface area contributed by atoms with Gasteiger partial charge in [0.05, 0.1) is 24.5 Å². The van der Waals surface area contributed by atoms with Crippen molar-refractivity contribution >= 4 is 59.5 Å². The van der Waals surface area contributed by atoms with Crippen LogP contribution in [0.3, 0.4) is 0 Å². The number of carbonyl (C=O) groups excluding carboxylic acids is 1. The Bertz CT molecular complexity index is 1050. The molecule has 0 fully saturated rings. The van der Waals surface area contributed by atoms with Crippen molar-refractivity contribution < 1.29 is 13.2 Å². The summed E-state index contributed by atoms with van der Waals surface area (Å²) in [6.45, 7) is 3.23. The van der Waals surface area contributed by atoms with Gasteiger partial charge < -0.3 is 0 Å². The summed E-state index contributed by atoms with van der Waals surface area (Å²) in [4.78, 5) is 18.0. The summed E-state index contributed by atoms with van der Waals surface area (Å²) >= 11 is 6.29. The third-order valence-corrected chi connectivity index (χ3v) is 8.15. The van der Waals surface area contributed by atoms with Crippen LogP contribution in [0.2, 0.25) is 0 Å². The minimum Gasteiger partial charge on any atom is -0.298 e. The Morgan fingerprint density at radius 1 is 1.23 bits per heavy atom. The first-order valence-corrected chi connectivity index (χ1v) is 11.7. The van der Waals surface area contributed by atoms with E-state index in [4.69, 9.17) is 0 Å². The number of amides is 1. The van der Waals surface area contributed by atoms with Crippen LogP contribution in [-0.4, -0.2) is 24.6 Å². The Balaban J connectivity index is 1.80. The molecule has 5 nitrogen and oxygen atoms in total. The van der Waals surface area contributed by atoms with Gasteiger partial charge in [0.2, 0.25) is 0 Å². The highest BCUT2D eigenvalue weighted by molar-refractivity contribution is 9.11. The van der Waals surface area contributed by atoms with E-state index in [0.717, 1.165) is 14.4 Å². The number of halogens is 1. The highest BCUT2D eigenvalue weighted by Crippen LogP contribution is 2.33. The van der Waals surface area contributed by atoms with Gasteiger partial charge in [-0.05, 0) is 60.1 Å². The number of thiophene rings is 1. The molecule has 1 N–H and O–H groups in total. The fourth-order valence-electron chi connectivity index (χ4n) is 2.15. The SMILES string of the molecule is CC(C)S(=O)(=O)c1cccc(C(=O)Nc2nc(-c3ccc(Br)s3)cs2)c1. The zero-order valence-corrected chi connectivity index (χ0v) is 17.9. The van der Waals surface area contributed by atoms with Crippen LogP contribution in [0.5, 0.6) is 0 Å². The lowest BCUT2D eigenvalue weighted by Gasteiger charge is -2.09. The summed E-state index contributed by atoms with van der Waals surface area (Å²) in [6.07, 6.45) is 0. The molecular formula is C17H15BrN2O3S3. The van der Waals surface area contributed by atoms with E-state index in [1.54, 1.807) is 37.3 Å². The molecule has 0 spiro atoms. The number of hydrogen-bond acceptors (Lipinski definition) is 6. The Morgan fingerprint density at radius 2 is 2.00 bits per heavy atom. The molecule has 0 aliphatic rings. The van der Waals surface area contributed by atoms with Crippen molar-refractivity contribution in [3.8, 4) is 10.6 Å². The Labute approximate surface area is 168 Å². The van der Waals surface area contributed by atoms with E-state index in [1.807, 2.05) is 17.5 Å². The van der Waals surface area contributed by atoms with Gasteiger partial charge in [-0.2, -0.15) is 0 Å². The van der Waals surface area contributed by atoms with Crippen LogP contribution >= 0.6 is 38.6 Å². The molecule has 0 aliphatic heterocycles. The predicted octanol–water partition coefficient (Wildman–Crippen LogP) is 5.07. The number of carbonyl (C=O) groups is 1. The molecule has 26 heavy (non-hydrogen) atoms. The molecule has 2 aromatic heterocycles. The first-order valence-electron chi connectivity index (χ1n) is 7.64. The lowest BCUT2D eigenvalue weighted by atomic mass is 10.2. The molecule has 2 heterocycles. The van der Waals surface area contributed by atoms with Crippen molar-refractivity contribution in [1.29, 1.82) is 0 Å². The van der Waals surface area contributed by atoms with Crippen LogP contribution in [0.15, 0.2) is 50.5 Å². The number of thiazole rings is 1. The standard InChI is InChI=1S/C17H15BrN2O3S3/c1-10(2)26(22,23)12-5-3-4-11(8-12)16(21)20-17-19-13(9-24-17)14-6-7-15(18)25-14/h3-10H,1-2H3,(H,19,20,21). The number of aromatic nitrogens is 1. The van der Waals surface area contributed by atoms with Crippen molar-refractivity contribution in [3.63, 3.8) is 0 Å². The molecule has 3 aromatic rings. The molecule has 0 radical (unpaired) electrons. The van der Waals surface area contributed by atoms with Gasteiger partial charge in [0.15, 0.2) is 15.0 Å². The Morgan fingerprint density at radius 3 is 2.65 bits per heavy atom. The monoisotopic (exact) mass is 470 g/mol. The van der Waals surface area contributed by atoms with E-state index in [0.29, 0.717) is 5.13 Å². The molecule has 3 rings (SSSR count). The van der Waals surface area contributed by atoms with E-state index in [9.17, 15) is 13.2 Å². The lowest BCUT2D eigenvalue weighted by molar-refractivity contribution is 0.102. The van der Waals surface area contributed by atoms with E-state index < -0.39 is 15.1 Å². The first-order chi connectivity index (χ1) is 12.3. The van der Waals surface area contributed by atoms with Crippen molar-refractivity contribution in [2.75, 3.05) is 5.32 Å². The molecule has 136 valence electrons. The zero-order chi connectivity index (χ0) is 18.9. The molecule has 0 aliphatic carbocycles. The average molecular weight is 471 g/mol. The zero-order valence-electron chi connectivity index (χ0n) is 13.9. The number of benzene rings is 1. The molecule has 0 unspecified atom stereocenters. The van der Waals surface area contributed by atoms with Gasteiger partial charge >= 0.3 is 0 Å². The number of nitrogens with zero attached hydrogens (tertiary/aromatic N) is 1. The minimum absolute atomic E-state index is 0.142. The smallest absolute Gasteiger partial charge is 0.257 e. The van der Waals surface area contributed by atoms with E-state index >= 15 is 0 Å². The van der Waals surface area contributed by atoms with Gasteiger partial charge in [-0.1, -0.05) is 6.07 Å². The molecule has 9 heteroatoms. The highest BCUT2D eigenvalue weighted by Gasteiger charge is 2.20. The van der Waals surface area contributed by atoms with Crippen LogP contribution in [0.1, 0.15) is 24.2 Å². The number of anilines is 1. The van der Waals surface area contributed by atoms with E-state index in [1.165, 1.54) is 23.5 Å². The third-order valence-electron chi connectivity index (χ3n) is 3.60. The predicted molar refractivity (Wildman–Crippen MR) is 110 cm³/mol. The lowest BCUT2D eigenvalue weighted by Crippen LogP contribution is -2.16. The minimum atomic E-state index is -3.43. The Kier molecular flexibility index (Phi) is 5.61. The molecule has 1 aromatic carbocycles. The largest absolute Gasteiger partial charge is 0.298 e. The number of sulfone groups is 1. The van der Waals surface area contributed by atoms with Crippen molar-refractivity contribution in [2.45, 2.75) is 24.0 Å². The maximum atomic E-state index is 12.5. The molecule has 0 bridgehead atoms. The third kappa shape index (κ3) is 4.06. The van der Waals surface area contributed by atoms with Crippen LogP contribution in [0, 0.1) is 0 Å². The number of nitrogens with one attached hydrogen (secondary N) is 1. The average Bonchev–Trinajstić information content (AvgIpc) is 3.23. The maximum absolute atomic E-state index is 12.5. The van der Waals surface area contributed by atoms with Crippen molar-refractivity contribution in [2.24, 2.45) is 0 Å². The summed E-state index contributed by atoms with van der Waals surface area (Å²) in [7, 11) is -3.43. The van der Waals surface area contributed by atoms with Crippen molar-refractivity contribution in [1.82, 2.24) is 4.98 Å².